The van der Waals surface area contributed by atoms with Crippen molar-refractivity contribution in [3.05, 3.63) is 71.8 Å². The topological polar surface area (TPSA) is 162 Å². The van der Waals surface area contributed by atoms with Crippen molar-refractivity contribution in [3.8, 4) is 69.7 Å². The molecule has 0 unspecified atom stereocenters. The number of methoxy groups -OCH3 is 9. The van der Waals surface area contributed by atoms with E-state index in [-0.39, 0.29) is 92.6 Å². The zero-order valence-corrected chi connectivity index (χ0v) is 35.9. The molecular formula is C43H46F3N2O12P. The average molecular weight is 871 g/mol. The fourth-order valence-corrected chi connectivity index (χ4v) is 13.8. The molecule has 14 nitrogen and oxygen atoms in total. The molecule has 1 amide bonds. The zero-order chi connectivity index (χ0) is 45.0. The van der Waals surface area contributed by atoms with Crippen molar-refractivity contribution in [1.82, 2.24) is 5.32 Å². The van der Waals surface area contributed by atoms with Crippen molar-refractivity contribution in [3.63, 3.8) is 0 Å². The normalized spacial score (nSPS) is 11.6. The van der Waals surface area contributed by atoms with Gasteiger partial charge in [-0.1, -0.05) is 0 Å². The Labute approximate surface area is 351 Å². The number of nitrogens with zero attached hydrogens (tertiary/aromatic N) is 1. The number of carbonyl (C=O) groups excluding carboxylic acids is 2. The van der Waals surface area contributed by atoms with Gasteiger partial charge in [0.2, 0.25) is 0 Å². The predicted molar refractivity (Wildman–Crippen MR) is 222 cm³/mol. The molecule has 326 valence electrons. The van der Waals surface area contributed by atoms with Crippen molar-refractivity contribution < 1.29 is 69.9 Å². The molecule has 4 aromatic carbocycles. The van der Waals surface area contributed by atoms with Gasteiger partial charge in [0.25, 0.3) is 0 Å². The molecule has 0 aromatic heterocycles. The van der Waals surface area contributed by atoms with E-state index in [0.717, 1.165) is 0 Å². The molecule has 0 fully saturated rings. The van der Waals surface area contributed by atoms with Gasteiger partial charge in [0.05, 0.1) is 0 Å². The van der Waals surface area contributed by atoms with Crippen LogP contribution in [0, 0.1) is 23.2 Å². The number of hydrogen-bond acceptors (Lipinski definition) is 13. The molecule has 4 rings (SSSR count). The summed E-state index contributed by atoms with van der Waals surface area (Å²) in [6, 6.07) is 16.4. The van der Waals surface area contributed by atoms with Crippen LogP contribution in [0.2, 0.25) is 0 Å². The van der Waals surface area contributed by atoms with Crippen molar-refractivity contribution in [2.75, 3.05) is 76.7 Å². The summed E-state index contributed by atoms with van der Waals surface area (Å²) in [6.45, 7) is -6.01. The van der Waals surface area contributed by atoms with Gasteiger partial charge in [0.15, 0.2) is 6.07 Å². The molecule has 0 bridgehead atoms. The van der Waals surface area contributed by atoms with Gasteiger partial charge in [-0.2, -0.15) is 5.26 Å². The number of ether oxygens (including phenoxy) is 9. The van der Waals surface area contributed by atoms with E-state index >= 15 is 13.2 Å². The zero-order valence-electron chi connectivity index (χ0n) is 35.0. The van der Waals surface area contributed by atoms with E-state index in [4.69, 9.17) is 52.4 Å². The van der Waals surface area contributed by atoms with Crippen LogP contribution in [-0.4, -0.2) is 94.7 Å². The fourth-order valence-electron chi connectivity index (χ4n) is 7.10. The van der Waals surface area contributed by atoms with E-state index in [9.17, 15) is 9.59 Å². The number of alkyl halides is 3. The van der Waals surface area contributed by atoms with Crippen LogP contribution in [0.4, 0.5) is 13.2 Å². The standard InChI is InChI=1S/C43H46F3N2O12P/c1-51-29-21-32(54-4)38(33(22-29)55-5)61(60-42(50)43(44,45)46,39-34(56-6)23-30(52-2)24-35(39)57-7,40-36(58-8)25-31(53-3)26-37(40)59-9)20-11-10-19-48-41(49)28-16-14-27(15-17-28)13-12-18-47/h14-17,21-26H,10-11,19-20H2,1-9H3,(H,48,49). The summed E-state index contributed by atoms with van der Waals surface area (Å²) in [6.07, 6.45) is -6.03. The molecule has 0 saturated carbocycles. The molecule has 0 aliphatic heterocycles. The Bertz CT molecular complexity index is 2100. The van der Waals surface area contributed by atoms with Gasteiger partial charge < -0.3 is 0 Å². The van der Waals surface area contributed by atoms with Crippen LogP contribution in [0.1, 0.15) is 28.8 Å². The summed E-state index contributed by atoms with van der Waals surface area (Å²) < 4.78 is 105. The van der Waals surface area contributed by atoms with Gasteiger partial charge in [-0.15, -0.1) is 0 Å². The van der Waals surface area contributed by atoms with E-state index in [1.54, 1.807) is 18.2 Å². The summed E-state index contributed by atoms with van der Waals surface area (Å²) in [5.41, 5.74) is 0.810. The first-order valence-corrected chi connectivity index (χ1v) is 20.6. The number of rotatable bonds is 19. The van der Waals surface area contributed by atoms with Crippen LogP contribution in [0.15, 0.2) is 60.7 Å². The third kappa shape index (κ3) is 9.22. The van der Waals surface area contributed by atoms with Crippen LogP contribution in [0.3, 0.4) is 0 Å². The number of unbranched alkanes of at least 4 members (excludes halogenated alkanes) is 1. The third-order valence-electron chi connectivity index (χ3n) is 9.71. The molecular weight excluding hydrogens is 824 g/mol. The molecule has 0 spiro atoms. The first-order chi connectivity index (χ1) is 29.2. The van der Waals surface area contributed by atoms with Crippen molar-refractivity contribution >= 4 is 34.6 Å². The van der Waals surface area contributed by atoms with Crippen molar-refractivity contribution in [2.45, 2.75) is 19.0 Å². The second kappa shape index (κ2) is 20.0. The first kappa shape index (κ1) is 47.0. The molecule has 61 heavy (non-hydrogen) atoms. The Hall–Kier alpha value is -6.71. The predicted octanol–water partition coefficient (Wildman–Crippen LogP) is 5.70. The molecule has 18 heteroatoms. The first-order valence-electron chi connectivity index (χ1n) is 18.2. The number of amides is 1. The van der Waals surface area contributed by atoms with Gasteiger partial charge in [0, 0.05) is 0 Å². The number of nitrogens with one attached hydrogen (secondary N) is 1. The number of halogens is 3. The third-order valence-corrected chi connectivity index (χ3v) is 15.6. The number of nitriles is 1. The molecule has 0 atom stereocenters. The molecule has 0 radical (unpaired) electrons. The van der Waals surface area contributed by atoms with Crippen LogP contribution < -0.4 is 63.9 Å². The monoisotopic (exact) mass is 870 g/mol. The summed E-state index contributed by atoms with van der Waals surface area (Å²) in [5.74, 6) is 1.65. The number of carbonyl (C=O) groups is 2. The quantitative estimate of drug-likeness (QED) is 0.0695. The van der Waals surface area contributed by atoms with E-state index in [1.807, 2.05) is 0 Å². The van der Waals surface area contributed by atoms with E-state index in [2.05, 4.69) is 17.2 Å². The second-order valence-corrected chi connectivity index (χ2v) is 17.3. The van der Waals surface area contributed by atoms with Crippen LogP contribution >= 0.6 is 6.83 Å². The van der Waals surface area contributed by atoms with Gasteiger partial charge in [-0.3, -0.25) is 0 Å². The minimum absolute atomic E-state index is 0.000810. The Morgan fingerprint density at radius 3 is 1.30 bits per heavy atom. The minimum atomic E-state index is -6.01. The summed E-state index contributed by atoms with van der Waals surface area (Å²) in [4.78, 5) is 27.4. The summed E-state index contributed by atoms with van der Waals surface area (Å²) in [5, 5.41) is 11.1. The molecule has 0 saturated heterocycles. The Morgan fingerprint density at radius 1 is 0.607 bits per heavy atom. The van der Waals surface area contributed by atoms with Crippen molar-refractivity contribution in [2.24, 2.45) is 0 Å². The van der Waals surface area contributed by atoms with Gasteiger partial charge in [-0.25, -0.2) is 0 Å². The van der Waals surface area contributed by atoms with E-state index in [0.29, 0.717) is 5.56 Å². The molecule has 1 N–H and O–H groups in total. The SMILES string of the molecule is COc1cc(OC)c(P(CCCCNC(=O)c2ccc(C#CC#N)cc2)(OC(=O)C(F)(F)F)(c2c(OC)cc(OC)cc2OC)c2c(OC)cc(OC)cc2OC)c(OC)c1. The van der Waals surface area contributed by atoms with Gasteiger partial charge >= 0.3 is 341 Å². The van der Waals surface area contributed by atoms with Gasteiger partial charge in [-0.05, 0) is 0 Å². The molecule has 0 aliphatic carbocycles. The molecule has 0 heterocycles. The molecule has 0 aliphatic rings. The van der Waals surface area contributed by atoms with Crippen LogP contribution in [0.5, 0.6) is 51.7 Å². The molecule has 4 aromatic rings. The fraction of sp³-hybridized carbons (Fsp3) is 0.326. The Kier molecular flexibility index (Phi) is 15.4. The van der Waals surface area contributed by atoms with E-state index in [1.165, 1.54) is 113 Å². The Balaban J connectivity index is 2.24. The van der Waals surface area contributed by atoms with Crippen LogP contribution in [0.25, 0.3) is 0 Å². The average Bonchev–Trinajstić information content (AvgIpc) is 3.28. The maximum absolute atomic E-state index is 15.2. The number of benzene rings is 4. The van der Waals surface area contributed by atoms with Crippen LogP contribution in [-0.2, 0) is 9.32 Å². The van der Waals surface area contributed by atoms with Crippen molar-refractivity contribution in [1.29, 1.82) is 5.26 Å². The van der Waals surface area contributed by atoms with Gasteiger partial charge in [0.1, 0.15) is 0 Å². The summed E-state index contributed by atoms with van der Waals surface area (Å²) in [7, 11) is 11.8. The Morgan fingerprint density at radius 2 is 0.984 bits per heavy atom. The number of hydrogen-bond donors (Lipinski definition) is 1. The second-order valence-electron chi connectivity index (χ2n) is 12.9. The maximum atomic E-state index is 15.2. The summed E-state index contributed by atoms with van der Waals surface area (Å²) >= 11 is 0. The van der Waals surface area contributed by atoms with E-state index < -0.39 is 31.0 Å².